The van der Waals surface area contributed by atoms with Gasteiger partial charge < -0.3 is 10.6 Å². The summed E-state index contributed by atoms with van der Waals surface area (Å²) in [5.74, 6) is 0. The smallest absolute Gasteiger partial charge is 0.314 e. The van der Waals surface area contributed by atoms with Gasteiger partial charge >= 0.3 is 5.71 Å². The highest BCUT2D eigenvalue weighted by Gasteiger charge is 2.12. The number of allylic oxidation sites excluding steroid dienone is 2. The predicted molar refractivity (Wildman–Crippen MR) is 49.2 cm³/mol. The van der Waals surface area contributed by atoms with Gasteiger partial charge in [-0.1, -0.05) is 6.92 Å². The van der Waals surface area contributed by atoms with Crippen LogP contribution in [0.2, 0.25) is 0 Å². The average Bonchev–Trinajstić information content (AvgIpc) is 2.26. The van der Waals surface area contributed by atoms with Crippen LogP contribution in [-0.2, 0) is 9.78 Å². The second-order valence-electron chi connectivity index (χ2n) is 2.76. The molecule has 1 unspecified atom stereocenters. The molecule has 1 aliphatic carbocycles. The molecule has 76 valence electrons. The first-order valence-electron chi connectivity index (χ1n) is 4.35. The van der Waals surface area contributed by atoms with Crippen LogP contribution in [0.3, 0.4) is 0 Å². The maximum atomic E-state index is 9.03. The van der Waals surface area contributed by atoms with Crippen LogP contribution in [0, 0.1) is 0 Å². The molecule has 0 heterocycles. The Bertz CT molecular complexity index is 276. The van der Waals surface area contributed by atoms with Crippen molar-refractivity contribution in [2.75, 3.05) is 0 Å². The van der Waals surface area contributed by atoms with E-state index in [2.05, 4.69) is 9.68 Å². The topological polar surface area (TPSA) is 75.1 Å². The van der Waals surface area contributed by atoms with Gasteiger partial charge in [0.15, 0.2) is 6.29 Å². The summed E-state index contributed by atoms with van der Waals surface area (Å²) in [5, 5.41) is 9.03. The van der Waals surface area contributed by atoms with E-state index in [9.17, 15) is 0 Å². The van der Waals surface area contributed by atoms with Crippen molar-refractivity contribution in [3.8, 4) is 0 Å². The van der Waals surface area contributed by atoms with Crippen LogP contribution in [0.4, 0.5) is 0 Å². The van der Waals surface area contributed by atoms with Gasteiger partial charge in [0.2, 0.25) is 0 Å². The number of hydrogen-bond donors (Lipinski definition) is 1. The Balaban J connectivity index is 2.36. The van der Waals surface area contributed by atoms with Crippen molar-refractivity contribution in [3.63, 3.8) is 0 Å². The normalized spacial score (nSPS) is 22.1. The monoisotopic (exact) mass is 196 g/mol. The number of nitrogens with zero attached hydrogens (tertiary/aromatic N) is 2. The summed E-state index contributed by atoms with van der Waals surface area (Å²) in [6.45, 7) is 1.77. The molecule has 5 nitrogen and oxygen atoms in total. The van der Waals surface area contributed by atoms with E-state index in [1.807, 2.05) is 0 Å². The highest BCUT2D eigenvalue weighted by Crippen LogP contribution is 2.06. The molecule has 0 amide bonds. The van der Waals surface area contributed by atoms with E-state index in [4.69, 9.17) is 15.5 Å². The van der Waals surface area contributed by atoms with Crippen molar-refractivity contribution >= 4 is 5.71 Å². The largest absolute Gasteiger partial charge is 0.366 e. The van der Waals surface area contributed by atoms with E-state index < -0.39 is 6.29 Å². The van der Waals surface area contributed by atoms with Crippen molar-refractivity contribution in [3.05, 3.63) is 29.8 Å². The van der Waals surface area contributed by atoms with Gasteiger partial charge in [0.25, 0.3) is 0 Å². The molecule has 0 aromatic rings. The Hall–Kier alpha value is -1.26. The summed E-state index contributed by atoms with van der Waals surface area (Å²) < 4.78 is 0. The molecule has 1 rings (SSSR count). The van der Waals surface area contributed by atoms with Crippen LogP contribution in [0.25, 0.3) is 5.53 Å². The van der Waals surface area contributed by atoms with Crippen LogP contribution in [0.5, 0.6) is 0 Å². The lowest BCUT2D eigenvalue weighted by molar-refractivity contribution is -0.377. The van der Waals surface area contributed by atoms with E-state index in [1.165, 1.54) is 0 Å². The van der Waals surface area contributed by atoms with Crippen LogP contribution in [0.1, 0.15) is 13.3 Å². The number of aliphatic hydroxyl groups is 1. The van der Waals surface area contributed by atoms with Gasteiger partial charge in [-0.25, -0.2) is 9.78 Å². The highest BCUT2D eigenvalue weighted by molar-refractivity contribution is 6.00. The Kier molecular flexibility index (Phi) is 4.22. The molecule has 0 aromatic carbocycles. The van der Waals surface area contributed by atoms with Crippen LogP contribution in [-0.4, -0.2) is 28.0 Å². The first-order chi connectivity index (χ1) is 6.76. The van der Waals surface area contributed by atoms with Gasteiger partial charge in [0.1, 0.15) is 6.10 Å². The zero-order valence-corrected chi connectivity index (χ0v) is 7.83. The molecule has 0 saturated heterocycles. The van der Waals surface area contributed by atoms with Gasteiger partial charge in [-0.3, -0.25) is 0 Å². The molecule has 1 aliphatic rings. The van der Waals surface area contributed by atoms with Crippen LogP contribution >= 0.6 is 0 Å². The molecule has 1 atom stereocenters. The molecular weight excluding hydrogens is 184 g/mol. The zero-order chi connectivity index (χ0) is 10.4. The zero-order valence-electron chi connectivity index (χ0n) is 7.83. The molecule has 1 N–H and O–H groups in total. The van der Waals surface area contributed by atoms with E-state index in [0.29, 0.717) is 12.1 Å². The quantitative estimate of drug-likeness (QED) is 0.238. The Morgan fingerprint density at radius 2 is 2.21 bits per heavy atom. The molecule has 0 aliphatic heterocycles. The van der Waals surface area contributed by atoms with Gasteiger partial charge in [0.05, 0.1) is 0 Å². The summed E-state index contributed by atoms with van der Waals surface area (Å²) >= 11 is 0. The second kappa shape index (κ2) is 5.47. The van der Waals surface area contributed by atoms with Crippen molar-refractivity contribution in [1.82, 2.24) is 0 Å². The molecule has 0 fully saturated rings. The van der Waals surface area contributed by atoms with E-state index in [1.54, 1.807) is 31.2 Å². The van der Waals surface area contributed by atoms with Crippen LogP contribution < -0.4 is 0 Å². The maximum absolute atomic E-state index is 9.03. The fourth-order valence-corrected chi connectivity index (χ4v) is 0.834. The summed E-state index contributed by atoms with van der Waals surface area (Å²) in [6.07, 6.45) is 5.67. The Morgan fingerprint density at radius 1 is 1.57 bits per heavy atom. The molecule has 0 bridgehead atoms. The Labute approximate surface area is 81.8 Å². The lowest BCUT2D eigenvalue weighted by atomic mass is 10.1. The van der Waals surface area contributed by atoms with E-state index >= 15 is 0 Å². The predicted octanol–water partition coefficient (Wildman–Crippen LogP) is 0.828. The van der Waals surface area contributed by atoms with Gasteiger partial charge in [0, 0.05) is 12.2 Å². The molecular formula is C9H12N2O3. The van der Waals surface area contributed by atoms with Gasteiger partial charge in [-0.05, 0) is 18.6 Å². The van der Waals surface area contributed by atoms with Gasteiger partial charge in [-0.2, -0.15) is 4.79 Å². The summed E-state index contributed by atoms with van der Waals surface area (Å²) in [4.78, 5) is 12.5. The molecule has 0 spiro atoms. The third-order valence-electron chi connectivity index (χ3n) is 1.66. The van der Waals surface area contributed by atoms with Crippen molar-refractivity contribution in [2.24, 2.45) is 0 Å². The van der Waals surface area contributed by atoms with Crippen molar-refractivity contribution < 1.29 is 19.7 Å². The first kappa shape index (κ1) is 10.8. The standard InChI is InChI=1S/C9H12N2O3/c1-2-9(12)14-13-8-5-3-7(11-10)4-6-8/h3-6,8-9,12H,2H2,1H3. The summed E-state index contributed by atoms with van der Waals surface area (Å²) in [7, 11) is 0. The minimum atomic E-state index is -0.912. The fourth-order valence-electron chi connectivity index (χ4n) is 0.834. The van der Waals surface area contributed by atoms with Crippen molar-refractivity contribution in [1.29, 1.82) is 0 Å². The number of hydrogen-bond acceptors (Lipinski definition) is 3. The molecule has 14 heavy (non-hydrogen) atoms. The minimum absolute atomic E-state index is 0.360. The van der Waals surface area contributed by atoms with E-state index in [0.717, 1.165) is 0 Å². The number of aliphatic hydroxyl groups excluding tert-OH is 1. The fraction of sp³-hybridized carbons (Fsp3) is 0.444. The summed E-state index contributed by atoms with van der Waals surface area (Å²) in [6, 6.07) is 0. The minimum Gasteiger partial charge on any atom is -0.366 e. The SMILES string of the molecule is CCC(O)OOC1C=CC(=[N+]=[N-])C=C1. The van der Waals surface area contributed by atoms with Crippen molar-refractivity contribution in [2.45, 2.75) is 25.7 Å². The lowest BCUT2D eigenvalue weighted by Crippen LogP contribution is -2.17. The molecule has 5 heteroatoms. The lowest BCUT2D eigenvalue weighted by Gasteiger charge is -2.12. The molecule has 0 radical (unpaired) electrons. The number of rotatable bonds is 4. The second-order valence-corrected chi connectivity index (χ2v) is 2.76. The highest BCUT2D eigenvalue weighted by atomic mass is 17.2. The third kappa shape index (κ3) is 3.24. The summed E-state index contributed by atoms with van der Waals surface area (Å²) in [5.41, 5.74) is 8.85. The van der Waals surface area contributed by atoms with Crippen LogP contribution in [0.15, 0.2) is 24.3 Å². The average molecular weight is 196 g/mol. The van der Waals surface area contributed by atoms with E-state index in [-0.39, 0.29) is 6.10 Å². The molecule has 0 saturated carbocycles. The van der Waals surface area contributed by atoms with Gasteiger partial charge in [-0.15, -0.1) is 0 Å². The maximum Gasteiger partial charge on any atom is 0.314 e. The molecule has 0 aromatic heterocycles. The third-order valence-corrected chi connectivity index (χ3v) is 1.66. The first-order valence-corrected chi connectivity index (χ1v) is 4.35. The Morgan fingerprint density at radius 3 is 2.71 bits per heavy atom.